The zero-order valence-electron chi connectivity index (χ0n) is 13.9. The molecule has 138 valence electrons. The van der Waals surface area contributed by atoms with Gasteiger partial charge in [0.25, 0.3) is 0 Å². The van der Waals surface area contributed by atoms with Crippen molar-refractivity contribution in [2.75, 3.05) is 44.3 Å². The second kappa shape index (κ2) is 11.4. The minimum absolute atomic E-state index is 0. The topological polar surface area (TPSA) is 91.8 Å². The first-order chi connectivity index (χ1) is 10.9. The number of rotatable bonds is 8. The van der Waals surface area contributed by atoms with Gasteiger partial charge >= 0.3 is 0 Å². The molecule has 0 aromatic heterocycles. The predicted octanol–water partition coefficient (Wildman–Crippen LogP) is 1.31. The van der Waals surface area contributed by atoms with Crippen LogP contribution < -0.4 is 15.4 Å². The summed E-state index contributed by atoms with van der Waals surface area (Å²) in [4.78, 5) is 3.96. The number of aryl methyl sites for hydroxylation is 1. The van der Waals surface area contributed by atoms with Gasteiger partial charge in [0.05, 0.1) is 18.0 Å². The van der Waals surface area contributed by atoms with Crippen LogP contribution in [0.2, 0.25) is 0 Å². The summed E-state index contributed by atoms with van der Waals surface area (Å²) in [6.07, 6.45) is 0. The molecule has 0 aliphatic heterocycles. The van der Waals surface area contributed by atoms with Crippen molar-refractivity contribution in [3.8, 4) is 0 Å². The van der Waals surface area contributed by atoms with Crippen LogP contribution in [-0.2, 0) is 14.8 Å². The first kappa shape index (κ1) is 22.9. The lowest BCUT2D eigenvalue weighted by Crippen LogP contribution is -2.41. The number of ether oxygens (including phenoxy) is 1. The van der Waals surface area contributed by atoms with Gasteiger partial charge in [-0.3, -0.25) is 9.71 Å². The number of nitrogens with zero attached hydrogens (tertiary/aromatic N) is 1. The highest BCUT2D eigenvalue weighted by Crippen LogP contribution is 2.14. The van der Waals surface area contributed by atoms with E-state index in [0.717, 1.165) is 6.07 Å². The molecule has 24 heavy (non-hydrogen) atoms. The van der Waals surface area contributed by atoms with Crippen LogP contribution in [0.25, 0.3) is 0 Å². The van der Waals surface area contributed by atoms with E-state index in [9.17, 15) is 12.8 Å². The smallest absolute Gasteiger partial charge is 0.234 e. The Bertz CT molecular complexity index is 641. The van der Waals surface area contributed by atoms with Gasteiger partial charge in [-0.25, -0.2) is 12.8 Å². The van der Waals surface area contributed by atoms with Gasteiger partial charge in [0.1, 0.15) is 5.82 Å². The van der Waals surface area contributed by atoms with E-state index in [1.165, 1.54) is 12.1 Å². The van der Waals surface area contributed by atoms with E-state index in [1.54, 1.807) is 21.1 Å². The molecule has 0 spiro atoms. The van der Waals surface area contributed by atoms with Gasteiger partial charge in [-0.15, -0.1) is 24.0 Å². The molecule has 1 rings (SSSR count). The van der Waals surface area contributed by atoms with Gasteiger partial charge in [-0.2, -0.15) is 0 Å². The summed E-state index contributed by atoms with van der Waals surface area (Å²) in [5.41, 5.74) is 0.663. The van der Waals surface area contributed by atoms with Crippen LogP contribution >= 0.6 is 24.0 Å². The molecule has 10 heteroatoms. The molecule has 1 aromatic carbocycles. The zero-order chi connectivity index (χ0) is 17.3. The highest BCUT2D eigenvalue weighted by Gasteiger charge is 2.11. The maximum Gasteiger partial charge on any atom is 0.234 e. The number of hydrogen-bond donors (Lipinski definition) is 3. The van der Waals surface area contributed by atoms with Crippen molar-refractivity contribution in [2.45, 2.75) is 6.92 Å². The molecular formula is C14H24FIN4O3S. The first-order valence-electron chi connectivity index (χ1n) is 7.08. The van der Waals surface area contributed by atoms with Crippen LogP contribution in [0.4, 0.5) is 10.1 Å². The van der Waals surface area contributed by atoms with E-state index in [2.05, 4.69) is 20.3 Å². The number of sulfonamides is 1. The number of methoxy groups -OCH3 is 1. The fraction of sp³-hybridized carbons (Fsp3) is 0.500. The second-order valence-corrected chi connectivity index (χ2v) is 6.65. The Balaban J connectivity index is 0.00000529. The van der Waals surface area contributed by atoms with E-state index in [1.807, 2.05) is 0 Å². The van der Waals surface area contributed by atoms with E-state index >= 15 is 0 Å². The quantitative estimate of drug-likeness (QED) is 0.229. The summed E-state index contributed by atoms with van der Waals surface area (Å²) in [6.45, 7) is 2.85. The maximum absolute atomic E-state index is 13.4. The van der Waals surface area contributed by atoms with E-state index < -0.39 is 15.8 Å². The van der Waals surface area contributed by atoms with Crippen LogP contribution in [0.3, 0.4) is 0 Å². The van der Waals surface area contributed by atoms with Crippen LogP contribution in [0.1, 0.15) is 5.56 Å². The number of guanidine groups is 1. The normalized spacial score (nSPS) is 11.6. The molecule has 0 radical (unpaired) electrons. The maximum atomic E-state index is 13.4. The van der Waals surface area contributed by atoms with Gasteiger partial charge in [0.2, 0.25) is 10.0 Å². The van der Waals surface area contributed by atoms with Gasteiger partial charge in [0.15, 0.2) is 5.96 Å². The third-order valence-electron chi connectivity index (χ3n) is 2.93. The minimum atomic E-state index is -3.58. The van der Waals surface area contributed by atoms with Crippen molar-refractivity contribution in [3.05, 3.63) is 29.6 Å². The van der Waals surface area contributed by atoms with Gasteiger partial charge in [-0.05, 0) is 24.6 Å². The molecule has 0 saturated carbocycles. The summed E-state index contributed by atoms with van der Waals surface area (Å²) in [5.74, 6) is -0.141. The summed E-state index contributed by atoms with van der Waals surface area (Å²) in [5, 5.41) is 5.85. The Morgan fingerprint density at radius 2 is 1.96 bits per heavy atom. The van der Waals surface area contributed by atoms with E-state index in [0.29, 0.717) is 24.7 Å². The van der Waals surface area contributed by atoms with Crippen LogP contribution in [0.5, 0.6) is 0 Å². The molecule has 0 aliphatic rings. The molecule has 0 amide bonds. The van der Waals surface area contributed by atoms with Crippen LogP contribution in [0, 0.1) is 12.7 Å². The van der Waals surface area contributed by atoms with Gasteiger partial charge in [0, 0.05) is 27.2 Å². The molecule has 1 aromatic rings. The van der Waals surface area contributed by atoms with E-state index in [-0.39, 0.29) is 42.0 Å². The number of benzene rings is 1. The molecule has 7 nitrogen and oxygen atoms in total. The third kappa shape index (κ3) is 8.64. The lowest BCUT2D eigenvalue weighted by Gasteiger charge is -2.12. The summed E-state index contributed by atoms with van der Waals surface area (Å²) < 4.78 is 44.6. The SMILES string of the molecule is CN=C(NCCOC)NCCS(=O)(=O)Nc1ccc(C)c(F)c1.I. The lowest BCUT2D eigenvalue weighted by molar-refractivity contribution is 0.203. The molecule has 0 fully saturated rings. The molecular weight excluding hydrogens is 450 g/mol. The molecule has 0 aliphatic carbocycles. The predicted molar refractivity (Wildman–Crippen MR) is 105 cm³/mol. The van der Waals surface area contributed by atoms with E-state index in [4.69, 9.17) is 4.74 Å². The average Bonchev–Trinajstić information content (AvgIpc) is 2.49. The van der Waals surface area contributed by atoms with Crippen molar-refractivity contribution < 1.29 is 17.5 Å². The van der Waals surface area contributed by atoms with Crippen molar-refractivity contribution in [2.24, 2.45) is 4.99 Å². The fourth-order valence-electron chi connectivity index (χ4n) is 1.68. The van der Waals surface area contributed by atoms with Crippen molar-refractivity contribution >= 4 is 45.6 Å². The first-order valence-corrected chi connectivity index (χ1v) is 8.73. The van der Waals surface area contributed by atoms with Gasteiger partial charge in [-0.1, -0.05) is 6.07 Å². The fourth-order valence-corrected chi connectivity index (χ4v) is 2.64. The van der Waals surface area contributed by atoms with Crippen LogP contribution in [0.15, 0.2) is 23.2 Å². The Hall–Kier alpha value is -1.14. The standard InChI is InChI=1S/C14H23FN4O3S.HI/c1-11-4-5-12(10-13(11)15)19-23(20,21)9-7-18-14(16-2)17-6-8-22-3;/h4-5,10,19H,6-9H2,1-3H3,(H2,16,17,18);1H. The highest BCUT2D eigenvalue weighted by molar-refractivity contribution is 14.0. The Morgan fingerprint density at radius 1 is 1.29 bits per heavy atom. The molecule has 0 saturated heterocycles. The average molecular weight is 474 g/mol. The molecule has 0 bridgehead atoms. The third-order valence-corrected chi connectivity index (χ3v) is 4.22. The number of nitrogens with one attached hydrogen (secondary N) is 3. The Labute approximate surface area is 159 Å². The number of hydrogen-bond acceptors (Lipinski definition) is 4. The van der Waals surface area contributed by atoms with Crippen LogP contribution in [-0.4, -0.2) is 54.0 Å². The zero-order valence-corrected chi connectivity index (χ0v) is 17.1. The summed E-state index contributed by atoms with van der Waals surface area (Å²) in [7, 11) is -0.405. The van der Waals surface area contributed by atoms with Crippen molar-refractivity contribution in [1.82, 2.24) is 10.6 Å². The lowest BCUT2D eigenvalue weighted by atomic mass is 10.2. The molecule has 0 atom stereocenters. The monoisotopic (exact) mass is 474 g/mol. The largest absolute Gasteiger partial charge is 0.383 e. The Morgan fingerprint density at radius 3 is 2.54 bits per heavy atom. The minimum Gasteiger partial charge on any atom is -0.383 e. The summed E-state index contributed by atoms with van der Waals surface area (Å²) >= 11 is 0. The molecule has 0 heterocycles. The molecule has 0 unspecified atom stereocenters. The number of aliphatic imine (C=N–C) groups is 1. The van der Waals surface area contributed by atoms with Crippen molar-refractivity contribution in [1.29, 1.82) is 0 Å². The highest BCUT2D eigenvalue weighted by atomic mass is 127. The van der Waals surface area contributed by atoms with Crippen molar-refractivity contribution in [3.63, 3.8) is 0 Å². The molecule has 3 N–H and O–H groups in total. The number of anilines is 1. The second-order valence-electron chi connectivity index (χ2n) is 4.80. The Kier molecular flexibility index (Phi) is 10.9. The number of halogens is 2. The van der Waals surface area contributed by atoms with Gasteiger partial charge < -0.3 is 15.4 Å². The summed E-state index contributed by atoms with van der Waals surface area (Å²) in [6, 6.07) is 4.20.